The third-order valence-corrected chi connectivity index (χ3v) is 4.97. The Morgan fingerprint density at radius 2 is 2.15 bits per heavy atom. The minimum absolute atomic E-state index is 0.0597. The summed E-state index contributed by atoms with van der Waals surface area (Å²) in [6, 6.07) is 3.64. The highest BCUT2D eigenvalue weighted by Crippen LogP contribution is 2.32. The molecule has 0 radical (unpaired) electrons. The minimum Gasteiger partial charge on any atom is -0.495 e. The maximum atomic E-state index is 12.6. The molecule has 7 heteroatoms. The van der Waals surface area contributed by atoms with Crippen molar-refractivity contribution >= 4 is 29.0 Å². The van der Waals surface area contributed by atoms with E-state index < -0.39 is 0 Å². The first-order chi connectivity index (χ1) is 12.5. The number of amides is 1. The van der Waals surface area contributed by atoms with Crippen LogP contribution in [0.3, 0.4) is 0 Å². The van der Waals surface area contributed by atoms with Crippen molar-refractivity contribution in [2.24, 2.45) is 5.92 Å². The fraction of sp³-hybridized carbons (Fsp3) is 0.421. The van der Waals surface area contributed by atoms with E-state index in [-0.39, 0.29) is 5.91 Å². The number of anilines is 2. The van der Waals surface area contributed by atoms with E-state index in [0.717, 1.165) is 30.8 Å². The summed E-state index contributed by atoms with van der Waals surface area (Å²) in [6.45, 7) is 5.65. The van der Waals surface area contributed by atoms with Gasteiger partial charge in [-0.25, -0.2) is 9.97 Å². The van der Waals surface area contributed by atoms with Gasteiger partial charge in [0.1, 0.15) is 17.3 Å². The number of piperidine rings is 1. The van der Waals surface area contributed by atoms with E-state index in [9.17, 15) is 4.79 Å². The SMILES string of the molecule is COc1cc(Cl)c(C)cc1Nc1cnc(C(=O)N2CCCC(C)C2)cn1. The fourth-order valence-corrected chi connectivity index (χ4v) is 3.26. The van der Waals surface area contributed by atoms with Crippen LogP contribution in [0.5, 0.6) is 5.75 Å². The third kappa shape index (κ3) is 4.07. The molecule has 1 amide bonds. The van der Waals surface area contributed by atoms with E-state index >= 15 is 0 Å². The van der Waals surface area contributed by atoms with Crippen LogP contribution in [0, 0.1) is 12.8 Å². The van der Waals surface area contributed by atoms with Crippen molar-refractivity contribution < 1.29 is 9.53 Å². The number of hydrogen-bond donors (Lipinski definition) is 1. The zero-order valence-corrected chi connectivity index (χ0v) is 16.0. The first kappa shape index (κ1) is 18.5. The van der Waals surface area contributed by atoms with Crippen molar-refractivity contribution in [1.29, 1.82) is 0 Å². The van der Waals surface area contributed by atoms with E-state index in [1.807, 2.05) is 17.9 Å². The summed E-state index contributed by atoms with van der Waals surface area (Å²) >= 11 is 6.13. The second-order valence-corrected chi connectivity index (χ2v) is 7.12. The Hall–Kier alpha value is -2.34. The van der Waals surface area contributed by atoms with Crippen molar-refractivity contribution in [1.82, 2.24) is 14.9 Å². The monoisotopic (exact) mass is 374 g/mol. The molecule has 26 heavy (non-hydrogen) atoms. The number of nitrogens with one attached hydrogen (secondary N) is 1. The quantitative estimate of drug-likeness (QED) is 0.873. The van der Waals surface area contributed by atoms with Gasteiger partial charge in [0.05, 0.1) is 25.2 Å². The van der Waals surface area contributed by atoms with Gasteiger partial charge < -0.3 is 15.0 Å². The Morgan fingerprint density at radius 1 is 1.35 bits per heavy atom. The molecule has 0 bridgehead atoms. The lowest BCUT2D eigenvalue weighted by molar-refractivity contribution is 0.0676. The molecule has 2 aromatic rings. The third-order valence-electron chi connectivity index (χ3n) is 4.56. The van der Waals surface area contributed by atoms with Crippen LogP contribution in [0.15, 0.2) is 24.5 Å². The van der Waals surface area contributed by atoms with Gasteiger partial charge in [0.2, 0.25) is 0 Å². The number of nitrogens with zero attached hydrogens (tertiary/aromatic N) is 3. The molecule has 0 spiro atoms. The number of carbonyl (C=O) groups excluding carboxylic acids is 1. The molecule has 1 aromatic carbocycles. The number of rotatable bonds is 4. The molecule has 3 rings (SSSR count). The van der Waals surface area contributed by atoms with Crippen LogP contribution < -0.4 is 10.1 Å². The van der Waals surface area contributed by atoms with Crippen LogP contribution >= 0.6 is 11.6 Å². The lowest BCUT2D eigenvalue weighted by Gasteiger charge is -2.30. The van der Waals surface area contributed by atoms with Crippen LogP contribution in [0.2, 0.25) is 5.02 Å². The summed E-state index contributed by atoms with van der Waals surface area (Å²) in [5.74, 6) is 1.62. The summed E-state index contributed by atoms with van der Waals surface area (Å²) in [5, 5.41) is 3.80. The molecule has 1 N–H and O–H groups in total. The lowest BCUT2D eigenvalue weighted by atomic mass is 10.0. The number of halogens is 1. The average Bonchev–Trinajstić information content (AvgIpc) is 2.64. The molecule has 6 nitrogen and oxygen atoms in total. The van der Waals surface area contributed by atoms with Gasteiger partial charge in [-0.15, -0.1) is 0 Å². The smallest absolute Gasteiger partial charge is 0.274 e. The highest BCUT2D eigenvalue weighted by atomic mass is 35.5. The van der Waals surface area contributed by atoms with E-state index in [2.05, 4.69) is 22.2 Å². The van der Waals surface area contributed by atoms with Gasteiger partial charge in [-0.1, -0.05) is 18.5 Å². The number of methoxy groups -OCH3 is 1. The summed E-state index contributed by atoms with van der Waals surface area (Å²) in [7, 11) is 1.58. The van der Waals surface area contributed by atoms with E-state index in [4.69, 9.17) is 16.3 Å². The van der Waals surface area contributed by atoms with E-state index in [1.165, 1.54) is 12.6 Å². The number of carbonyl (C=O) groups is 1. The van der Waals surface area contributed by atoms with Gasteiger partial charge >= 0.3 is 0 Å². The van der Waals surface area contributed by atoms with Crippen molar-refractivity contribution in [2.45, 2.75) is 26.7 Å². The molecule has 1 aliphatic heterocycles. The number of aryl methyl sites for hydroxylation is 1. The number of ether oxygens (including phenoxy) is 1. The predicted octanol–water partition coefficient (Wildman–Crippen LogP) is 4.06. The van der Waals surface area contributed by atoms with Crippen LogP contribution in [0.1, 0.15) is 35.8 Å². The summed E-state index contributed by atoms with van der Waals surface area (Å²) in [4.78, 5) is 23.0. The van der Waals surface area contributed by atoms with Crippen LogP contribution in [0.25, 0.3) is 0 Å². The summed E-state index contributed by atoms with van der Waals surface area (Å²) < 4.78 is 5.35. The maximum Gasteiger partial charge on any atom is 0.274 e. The number of likely N-dealkylation sites (tertiary alicyclic amines) is 1. The standard InChI is InChI=1S/C19H23ClN4O2/c1-12-5-4-6-24(11-12)19(25)16-9-22-18(10-21-16)23-15-7-13(2)14(20)8-17(15)26-3/h7-10,12H,4-6,11H2,1-3H3,(H,22,23). The zero-order valence-electron chi connectivity index (χ0n) is 15.3. The van der Waals surface area contributed by atoms with Crippen molar-refractivity contribution in [3.05, 3.63) is 40.8 Å². The van der Waals surface area contributed by atoms with Crippen LogP contribution in [0.4, 0.5) is 11.5 Å². The Morgan fingerprint density at radius 3 is 2.81 bits per heavy atom. The molecule has 1 atom stereocenters. The van der Waals surface area contributed by atoms with Crippen LogP contribution in [-0.4, -0.2) is 41.0 Å². The largest absolute Gasteiger partial charge is 0.495 e. The molecule has 1 aromatic heterocycles. The summed E-state index contributed by atoms with van der Waals surface area (Å²) in [6.07, 6.45) is 5.28. The van der Waals surface area contributed by atoms with Gasteiger partial charge in [0, 0.05) is 24.2 Å². The second-order valence-electron chi connectivity index (χ2n) is 6.71. The first-order valence-corrected chi connectivity index (χ1v) is 9.08. The highest BCUT2D eigenvalue weighted by molar-refractivity contribution is 6.31. The van der Waals surface area contributed by atoms with Crippen molar-refractivity contribution in [2.75, 3.05) is 25.5 Å². The lowest BCUT2D eigenvalue weighted by Crippen LogP contribution is -2.39. The van der Waals surface area contributed by atoms with E-state index in [1.54, 1.807) is 19.4 Å². The second kappa shape index (κ2) is 7.91. The molecule has 0 aliphatic carbocycles. The predicted molar refractivity (Wildman–Crippen MR) is 102 cm³/mol. The molecular weight excluding hydrogens is 352 g/mol. The molecule has 138 valence electrons. The Kier molecular flexibility index (Phi) is 5.61. The molecule has 1 saturated heterocycles. The normalized spacial score (nSPS) is 17.1. The van der Waals surface area contributed by atoms with Crippen molar-refractivity contribution in [3.8, 4) is 5.75 Å². The summed E-state index contributed by atoms with van der Waals surface area (Å²) in [5.41, 5.74) is 2.03. The maximum absolute atomic E-state index is 12.6. The van der Waals surface area contributed by atoms with Crippen LogP contribution in [-0.2, 0) is 0 Å². The molecule has 1 aliphatic rings. The van der Waals surface area contributed by atoms with Gasteiger partial charge in [-0.2, -0.15) is 0 Å². The van der Waals surface area contributed by atoms with Crippen molar-refractivity contribution in [3.63, 3.8) is 0 Å². The first-order valence-electron chi connectivity index (χ1n) is 8.70. The zero-order chi connectivity index (χ0) is 18.7. The Labute approximate surface area is 158 Å². The van der Waals surface area contributed by atoms with Gasteiger partial charge in [0.15, 0.2) is 0 Å². The van der Waals surface area contributed by atoms with Gasteiger partial charge in [-0.3, -0.25) is 4.79 Å². The fourth-order valence-electron chi connectivity index (χ4n) is 3.11. The molecule has 1 fully saturated rings. The topological polar surface area (TPSA) is 67.3 Å². The average molecular weight is 375 g/mol. The van der Waals surface area contributed by atoms with Gasteiger partial charge in [-0.05, 0) is 37.3 Å². The van der Waals surface area contributed by atoms with E-state index in [0.29, 0.717) is 28.2 Å². The molecule has 0 saturated carbocycles. The number of hydrogen-bond acceptors (Lipinski definition) is 5. The number of benzene rings is 1. The Balaban J connectivity index is 1.74. The molecule has 2 heterocycles. The molecular formula is C19H23ClN4O2. The minimum atomic E-state index is -0.0597. The highest BCUT2D eigenvalue weighted by Gasteiger charge is 2.23. The number of aromatic nitrogens is 2. The molecule has 1 unspecified atom stereocenters. The van der Waals surface area contributed by atoms with Gasteiger partial charge in [0.25, 0.3) is 5.91 Å². The Bertz CT molecular complexity index is 795.